The van der Waals surface area contributed by atoms with Crippen molar-refractivity contribution in [2.75, 3.05) is 0 Å². The number of carbonyl (C=O) groups excluding carboxylic acids is 1. The van der Waals surface area contributed by atoms with Gasteiger partial charge >= 0.3 is 0 Å². The van der Waals surface area contributed by atoms with Crippen LogP contribution in [0.15, 0.2) is 0 Å². The van der Waals surface area contributed by atoms with E-state index in [9.17, 15) is 4.79 Å². The molecule has 2 bridgehead atoms. The first-order chi connectivity index (χ1) is 5.75. The third-order valence-electron chi connectivity index (χ3n) is 4.84. The molecular weight excluding hydrogens is 148 g/mol. The molecule has 0 heterocycles. The van der Waals surface area contributed by atoms with Gasteiger partial charge < -0.3 is 0 Å². The van der Waals surface area contributed by atoms with E-state index in [1.807, 2.05) is 0 Å². The largest absolute Gasteiger partial charge is 0.299 e. The fourth-order valence-electron chi connectivity index (χ4n) is 4.27. The van der Waals surface area contributed by atoms with Crippen LogP contribution < -0.4 is 0 Å². The van der Waals surface area contributed by atoms with Crippen molar-refractivity contribution >= 4 is 5.78 Å². The molecule has 12 heavy (non-hydrogen) atoms. The average Bonchev–Trinajstić information content (AvgIpc) is 2.55. The van der Waals surface area contributed by atoms with Crippen LogP contribution in [0, 0.1) is 23.2 Å². The molecule has 0 aromatic carbocycles. The Labute approximate surface area is 73.5 Å². The lowest BCUT2D eigenvalue weighted by atomic mass is 9.60. The standard InChI is InChI=1S/C11H16O/c1-7-6-8-2-3-9(7)11(8)5-4-10(11)12/h7-9H,2-6H2,1H3. The Morgan fingerprint density at radius 1 is 1.42 bits per heavy atom. The summed E-state index contributed by atoms with van der Waals surface area (Å²) in [6.07, 6.45) is 6.15. The zero-order valence-electron chi connectivity index (χ0n) is 7.68. The molecule has 0 aromatic rings. The van der Waals surface area contributed by atoms with Crippen molar-refractivity contribution in [1.29, 1.82) is 0 Å². The van der Waals surface area contributed by atoms with Gasteiger partial charge in [-0.25, -0.2) is 0 Å². The molecule has 0 saturated heterocycles. The SMILES string of the molecule is CC1CC2CCC1C21CCC1=O. The summed E-state index contributed by atoms with van der Waals surface area (Å²) in [6, 6.07) is 0. The molecule has 3 fully saturated rings. The van der Waals surface area contributed by atoms with Crippen molar-refractivity contribution in [3.8, 4) is 0 Å². The summed E-state index contributed by atoms with van der Waals surface area (Å²) in [4.78, 5) is 11.7. The van der Waals surface area contributed by atoms with Crippen LogP contribution in [0.25, 0.3) is 0 Å². The van der Waals surface area contributed by atoms with E-state index >= 15 is 0 Å². The molecule has 0 aliphatic heterocycles. The summed E-state index contributed by atoms with van der Waals surface area (Å²) in [5.41, 5.74) is 0.236. The first kappa shape index (κ1) is 7.11. The van der Waals surface area contributed by atoms with Gasteiger partial charge in [0.25, 0.3) is 0 Å². The lowest BCUT2D eigenvalue weighted by Gasteiger charge is -2.41. The molecule has 3 saturated carbocycles. The van der Waals surface area contributed by atoms with Crippen molar-refractivity contribution in [1.82, 2.24) is 0 Å². The van der Waals surface area contributed by atoms with E-state index < -0.39 is 0 Å². The van der Waals surface area contributed by atoms with Gasteiger partial charge in [-0.3, -0.25) is 4.79 Å². The predicted octanol–water partition coefficient (Wildman–Crippen LogP) is 2.40. The van der Waals surface area contributed by atoms with Crippen LogP contribution in [0.1, 0.15) is 39.0 Å². The number of Topliss-reactive ketones (excluding diaryl/α,β-unsaturated/α-hetero) is 1. The fraction of sp³-hybridized carbons (Fsp3) is 0.909. The zero-order valence-corrected chi connectivity index (χ0v) is 7.68. The lowest BCUT2D eigenvalue weighted by molar-refractivity contribution is -0.142. The van der Waals surface area contributed by atoms with Crippen LogP contribution in [-0.4, -0.2) is 5.78 Å². The fourth-order valence-corrected chi connectivity index (χ4v) is 4.27. The molecule has 0 N–H and O–H groups in total. The molecule has 1 spiro atoms. The summed E-state index contributed by atoms with van der Waals surface area (Å²) in [5, 5.41) is 0. The molecule has 3 rings (SSSR count). The maximum absolute atomic E-state index is 11.7. The molecule has 3 aliphatic rings. The van der Waals surface area contributed by atoms with Crippen LogP contribution >= 0.6 is 0 Å². The monoisotopic (exact) mass is 164 g/mol. The van der Waals surface area contributed by atoms with Gasteiger partial charge in [-0.1, -0.05) is 6.92 Å². The number of hydrogen-bond donors (Lipinski definition) is 0. The van der Waals surface area contributed by atoms with Crippen molar-refractivity contribution in [2.45, 2.75) is 39.0 Å². The summed E-state index contributed by atoms with van der Waals surface area (Å²) < 4.78 is 0. The van der Waals surface area contributed by atoms with Crippen LogP contribution in [0.2, 0.25) is 0 Å². The quantitative estimate of drug-likeness (QED) is 0.537. The van der Waals surface area contributed by atoms with Crippen molar-refractivity contribution in [2.24, 2.45) is 23.2 Å². The smallest absolute Gasteiger partial charge is 0.139 e. The minimum absolute atomic E-state index is 0.236. The van der Waals surface area contributed by atoms with Crippen molar-refractivity contribution < 1.29 is 4.79 Å². The highest BCUT2D eigenvalue weighted by Gasteiger charge is 2.64. The van der Waals surface area contributed by atoms with Crippen LogP contribution in [0.4, 0.5) is 0 Å². The lowest BCUT2D eigenvalue weighted by Crippen LogP contribution is -2.45. The topological polar surface area (TPSA) is 17.1 Å². The summed E-state index contributed by atoms with van der Waals surface area (Å²) in [5.74, 6) is 3.02. The molecule has 4 atom stereocenters. The van der Waals surface area contributed by atoms with E-state index in [2.05, 4.69) is 6.92 Å². The highest BCUT2D eigenvalue weighted by molar-refractivity contribution is 5.91. The Balaban J connectivity index is 2.02. The number of carbonyl (C=O) groups is 1. The van der Waals surface area contributed by atoms with E-state index in [1.165, 1.54) is 25.7 Å². The molecule has 66 valence electrons. The van der Waals surface area contributed by atoms with Crippen molar-refractivity contribution in [3.63, 3.8) is 0 Å². The van der Waals surface area contributed by atoms with Gasteiger partial charge in [-0.15, -0.1) is 0 Å². The third kappa shape index (κ3) is 0.541. The second kappa shape index (κ2) is 1.94. The van der Waals surface area contributed by atoms with Gasteiger partial charge in [-0.05, 0) is 43.4 Å². The Morgan fingerprint density at radius 2 is 2.25 bits per heavy atom. The Kier molecular flexibility index (Phi) is 1.15. The van der Waals surface area contributed by atoms with Crippen LogP contribution in [0.3, 0.4) is 0 Å². The molecule has 0 amide bonds. The molecule has 0 radical (unpaired) electrons. The van der Waals surface area contributed by atoms with E-state index in [4.69, 9.17) is 0 Å². The minimum Gasteiger partial charge on any atom is -0.299 e. The maximum Gasteiger partial charge on any atom is 0.139 e. The third-order valence-corrected chi connectivity index (χ3v) is 4.84. The van der Waals surface area contributed by atoms with Gasteiger partial charge in [0.05, 0.1) is 0 Å². The second-order valence-corrected chi connectivity index (χ2v) is 5.06. The first-order valence-electron chi connectivity index (χ1n) is 5.28. The van der Waals surface area contributed by atoms with E-state index in [-0.39, 0.29) is 5.41 Å². The molecule has 4 unspecified atom stereocenters. The molecule has 1 heteroatoms. The normalized spacial score (nSPS) is 56.4. The highest BCUT2D eigenvalue weighted by atomic mass is 16.1. The number of hydrogen-bond acceptors (Lipinski definition) is 1. The van der Waals surface area contributed by atoms with Gasteiger partial charge in [0.1, 0.15) is 5.78 Å². The minimum atomic E-state index is 0.236. The highest BCUT2D eigenvalue weighted by Crippen LogP contribution is 2.67. The van der Waals surface area contributed by atoms with Crippen molar-refractivity contribution in [3.05, 3.63) is 0 Å². The molecular formula is C11H16O. The van der Waals surface area contributed by atoms with Crippen LogP contribution in [-0.2, 0) is 4.79 Å². The van der Waals surface area contributed by atoms with Gasteiger partial charge in [-0.2, -0.15) is 0 Å². The Hall–Kier alpha value is -0.330. The van der Waals surface area contributed by atoms with Gasteiger partial charge in [0.15, 0.2) is 0 Å². The first-order valence-corrected chi connectivity index (χ1v) is 5.28. The summed E-state index contributed by atoms with van der Waals surface area (Å²) in [7, 11) is 0. The number of ketones is 1. The van der Waals surface area contributed by atoms with Crippen LogP contribution in [0.5, 0.6) is 0 Å². The van der Waals surface area contributed by atoms with E-state index in [1.54, 1.807) is 0 Å². The summed E-state index contributed by atoms with van der Waals surface area (Å²) in [6.45, 7) is 2.34. The molecule has 3 aliphatic carbocycles. The van der Waals surface area contributed by atoms with E-state index in [0.29, 0.717) is 5.78 Å². The second-order valence-electron chi connectivity index (χ2n) is 5.06. The maximum atomic E-state index is 11.7. The van der Waals surface area contributed by atoms with Gasteiger partial charge in [0, 0.05) is 11.8 Å². The molecule has 0 aromatic heterocycles. The zero-order chi connectivity index (χ0) is 8.34. The number of rotatable bonds is 0. The van der Waals surface area contributed by atoms with Gasteiger partial charge in [0.2, 0.25) is 0 Å². The Morgan fingerprint density at radius 3 is 2.50 bits per heavy atom. The Bertz CT molecular complexity index is 245. The predicted molar refractivity (Wildman–Crippen MR) is 46.7 cm³/mol. The average molecular weight is 164 g/mol. The molecule has 1 nitrogen and oxygen atoms in total. The summed E-state index contributed by atoms with van der Waals surface area (Å²) >= 11 is 0. The van der Waals surface area contributed by atoms with E-state index in [0.717, 1.165) is 24.2 Å².